The third-order valence-corrected chi connectivity index (χ3v) is 1.45. The highest BCUT2D eigenvalue weighted by atomic mass is 19.4. The molecule has 0 aliphatic heterocycles. The average Bonchev–Trinajstić information content (AvgIpc) is 2.26. The molecular formula is C10H11F3O. The van der Waals surface area contributed by atoms with Gasteiger partial charge in [-0.25, -0.2) is 0 Å². The molecule has 0 aliphatic carbocycles. The highest BCUT2D eigenvalue weighted by Crippen LogP contribution is 2.29. The van der Waals surface area contributed by atoms with E-state index in [-0.39, 0.29) is 0 Å². The van der Waals surface area contributed by atoms with Gasteiger partial charge in [0, 0.05) is 12.0 Å². The predicted octanol–water partition coefficient (Wildman–Crippen LogP) is 2.63. The second-order valence-corrected chi connectivity index (χ2v) is 2.44. The summed E-state index contributed by atoms with van der Waals surface area (Å²) in [5.41, 5.74) is -1.90. The molecule has 1 aromatic rings. The Balaban J connectivity index is 3.37. The quantitative estimate of drug-likeness (QED) is 0.813. The fourth-order valence-electron chi connectivity index (χ4n) is 0.873. The lowest BCUT2D eigenvalue weighted by Gasteiger charge is -2.07. The number of hydrogen-bond acceptors (Lipinski definition) is 1. The van der Waals surface area contributed by atoms with Gasteiger partial charge in [0.05, 0.1) is 8.30 Å². The molecule has 0 aliphatic rings. The van der Waals surface area contributed by atoms with E-state index in [9.17, 15) is 13.2 Å². The van der Waals surface area contributed by atoms with E-state index >= 15 is 0 Å². The molecule has 0 atom stereocenters. The van der Waals surface area contributed by atoms with E-state index in [2.05, 4.69) is 0 Å². The van der Waals surface area contributed by atoms with E-state index in [1.54, 1.807) is 0 Å². The molecule has 0 amide bonds. The summed E-state index contributed by atoms with van der Waals surface area (Å²) < 4.78 is 81.2. The van der Waals surface area contributed by atoms with Crippen LogP contribution in [0.3, 0.4) is 0 Å². The van der Waals surface area contributed by atoms with Crippen molar-refractivity contribution in [2.24, 2.45) is 0 Å². The highest BCUT2D eigenvalue weighted by Gasteiger charge is 2.30. The smallest absolute Gasteiger partial charge is 0.396 e. The zero-order valence-electron chi connectivity index (χ0n) is 12.9. The number of rotatable bonds is 3. The van der Waals surface area contributed by atoms with E-state index in [1.165, 1.54) is 0 Å². The SMILES string of the molecule is [2H]C([2H])(O)C([2H])([2H])C([2H])([2H])c1cccc(C(F)(F)F)c1. The first-order chi connectivity index (χ1) is 8.71. The van der Waals surface area contributed by atoms with Gasteiger partial charge < -0.3 is 5.11 Å². The molecule has 0 fully saturated rings. The predicted molar refractivity (Wildman–Crippen MR) is 46.9 cm³/mol. The Morgan fingerprint density at radius 2 is 2.07 bits per heavy atom. The van der Waals surface area contributed by atoms with Crippen molar-refractivity contribution in [1.29, 1.82) is 0 Å². The Kier molecular flexibility index (Phi) is 1.65. The average molecular weight is 210 g/mol. The van der Waals surface area contributed by atoms with Crippen LogP contribution in [0.2, 0.25) is 0 Å². The first kappa shape index (κ1) is 5.16. The van der Waals surface area contributed by atoms with Gasteiger partial charge in [-0.05, 0) is 24.4 Å². The number of aryl methyl sites for hydroxylation is 1. The summed E-state index contributed by atoms with van der Waals surface area (Å²) in [4.78, 5) is 0. The Hall–Kier alpha value is -1.03. The van der Waals surface area contributed by atoms with Crippen LogP contribution in [0, 0.1) is 0 Å². The zero-order valence-corrected chi connectivity index (χ0v) is 6.89. The standard InChI is InChI=1S/C10H11F3O/c11-10(12,13)9-5-1-3-8(7-9)4-2-6-14/h1,3,5,7,14H,2,4,6H2/i2D2,4D2,6D2. The molecule has 1 rings (SSSR count). The Morgan fingerprint density at radius 3 is 2.64 bits per heavy atom. The van der Waals surface area contributed by atoms with Crippen molar-refractivity contribution >= 4 is 0 Å². The van der Waals surface area contributed by atoms with Gasteiger partial charge in [-0.15, -0.1) is 0 Å². The van der Waals surface area contributed by atoms with Crippen molar-refractivity contribution in [3.8, 4) is 0 Å². The van der Waals surface area contributed by atoms with Crippen molar-refractivity contribution in [3.05, 3.63) is 35.4 Å². The van der Waals surface area contributed by atoms with E-state index in [4.69, 9.17) is 13.3 Å². The maximum atomic E-state index is 12.5. The van der Waals surface area contributed by atoms with Crippen LogP contribution in [0.15, 0.2) is 24.3 Å². The van der Waals surface area contributed by atoms with Crippen LogP contribution in [0.5, 0.6) is 0 Å². The normalized spacial score (nSPS) is 21.1. The van der Waals surface area contributed by atoms with Crippen molar-refractivity contribution in [2.75, 3.05) is 6.56 Å². The molecule has 14 heavy (non-hydrogen) atoms. The van der Waals surface area contributed by atoms with Gasteiger partial charge in [0.2, 0.25) is 0 Å². The molecule has 0 saturated heterocycles. The minimum absolute atomic E-state index is 0.392. The molecule has 1 aromatic carbocycles. The number of aliphatic hydroxyl groups is 1. The number of benzene rings is 1. The van der Waals surface area contributed by atoms with Gasteiger partial charge in [-0.1, -0.05) is 18.2 Å². The van der Waals surface area contributed by atoms with Crippen LogP contribution in [-0.4, -0.2) is 11.7 Å². The van der Waals surface area contributed by atoms with Gasteiger partial charge in [-0.3, -0.25) is 0 Å². The van der Waals surface area contributed by atoms with E-state index in [0.717, 1.165) is 12.1 Å². The van der Waals surface area contributed by atoms with Crippen molar-refractivity contribution in [1.82, 2.24) is 0 Å². The summed E-state index contributed by atoms with van der Waals surface area (Å²) in [6, 6.07) is 2.87. The van der Waals surface area contributed by atoms with Gasteiger partial charge in [0.15, 0.2) is 0 Å². The van der Waals surface area contributed by atoms with Crippen molar-refractivity contribution < 1.29 is 26.5 Å². The summed E-state index contributed by atoms with van der Waals surface area (Å²) in [7, 11) is 0. The molecule has 0 heterocycles. The lowest BCUT2D eigenvalue weighted by molar-refractivity contribution is -0.137. The summed E-state index contributed by atoms with van der Waals surface area (Å²) in [6.45, 7) is -3.56. The Labute approximate surface area is 88.6 Å². The van der Waals surface area contributed by atoms with E-state index < -0.39 is 36.6 Å². The van der Waals surface area contributed by atoms with Gasteiger partial charge in [0.1, 0.15) is 0 Å². The fourth-order valence-corrected chi connectivity index (χ4v) is 0.873. The van der Waals surface area contributed by atoms with Crippen LogP contribution in [0.1, 0.15) is 25.7 Å². The maximum absolute atomic E-state index is 12.5. The third-order valence-electron chi connectivity index (χ3n) is 1.45. The largest absolute Gasteiger partial charge is 0.416 e. The minimum Gasteiger partial charge on any atom is -0.396 e. The molecule has 0 spiro atoms. The molecule has 78 valence electrons. The van der Waals surface area contributed by atoms with Crippen LogP contribution in [0.25, 0.3) is 0 Å². The lowest BCUT2D eigenvalue weighted by atomic mass is 10.1. The van der Waals surface area contributed by atoms with Crippen molar-refractivity contribution in [2.45, 2.75) is 18.9 Å². The summed E-state index contributed by atoms with van der Waals surface area (Å²) in [6.07, 6.45) is -11.3. The lowest BCUT2D eigenvalue weighted by Crippen LogP contribution is -2.05. The first-order valence-electron chi connectivity index (χ1n) is 6.61. The van der Waals surface area contributed by atoms with Crippen molar-refractivity contribution in [3.63, 3.8) is 0 Å². The monoisotopic (exact) mass is 210 g/mol. The molecule has 0 saturated carbocycles. The zero-order chi connectivity index (χ0) is 16.0. The first-order valence-corrected chi connectivity index (χ1v) is 3.61. The Bertz CT molecular complexity index is 495. The maximum Gasteiger partial charge on any atom is 0.416 e. The topological polar surface area (TPSA) is 20.2 Å². The molecule has 0 bridgehead atoms. The van der Waals surface area contributed by atoms with Crippen LogP contribution < -0.4 is 0 Å². The van der Waals surface area contributed by atoms with Crippen LogP contribution in [-0.2, 0) is 12.5 Å². The number of halogens is 3. The van der Waals surface area contributed by atoms with Gasteiger partial charge in [-0.2, -0.15) is 13.2 Å². The molecule has 1 nitrogen and oxygen atoms in total. The van der Waals surface area contributed by atoms with Gasteiger partial charge >= 0.3 is 6.18 Å². The second kappa shape index (κ2) is 4.46. The molecular weight excluding hydrogens is 193 g/mol. The van der Waals surface area contributed by atoms with E-state index in [1.807, 2.05) is 0 Å². The van der Waals surface area contributed by atoms with Gasteiger partial charge in [0.25, 0.3) is 0 Å². The molecule has 0 radical (unpaired) electrons. The summed E-state index contributed by atoms with van der Waals surface area (Å²) >= 11 is 0. The summed E-state index contributed by atoms with van der Waals surface area (Å²) in [5.74, 6) is 0. The summed E-state index contributed by atoms with van der Waals surface area (Å²) in [5, 5.41) is 9.07. The molecule has 0 unspecified atom stereocenters. The third kappa shape index (κ3) is 3.03. The molecule has 1 N–H and O–H groups in total. The minimum atomic E-state index is -4.74. The second-order valence-electron chi connectivity index (χ2n) is 2.44. The highest BCUT2D eigenvalue weighted by molar-refractivity contribution is 5.25. The number of alkyl halides is 3. The van der Waals surface area contributed by atoms with Crippen LogP contribution in [0.4, 0.5) is 13.2 Å². The Morgan fingerprint density at radius 1 is 1.36 bits per heavy atom. The fraction of sp³-hybridized carbons (Fsp3) is 0.400. The number of hydrogen-bond donors (Lipinski definition) is 1. The molecule has 4 heteroatoms. The molecule has 0 aromatic heterocycles. The van der Waals surface area contributed by atoms with Crippen LogP contribution >= 0.6 is 0 Å². The van der Waals surface area contributed by atoms with E-state index in [0.29, 0.717) is 12.1 Å².